The normalized spacial score (nSPS) is 12.5. The van der Waals surface area contributed by atoms with E-state index in [1.165, 1.54) is 30.5 Å². The number of nitrogens with zero attached hydrogens (tertiary/aromatic N) is 2. The van der Waals surface area contributed by atoms with E-state index in [4.69, 9.17) is 12.3 Å². The molecule has 0 aliphatic heterocycles. The summed E-state index contributed by atoms with van der Waals surface area (Å²) in [5.41, 5.74) is -0.315. The van der Waals surface area contributed by atoms with Gasteiger partial charge in [0.1, 0.15) is 13.3 Å². The number of pyridine rings is 1. The monoisotopic (exact) mass is 559 g/mol. The first-order valence-corrected chi connectivity index (χ1v) is 12.8. The van der Waals surface area contributed by atoms with Crippen molar-refractivity contribution in [2.24, 2.45) is 0 Å². The van der Waals surface area contributed by atoms with Crippen LogP contribution in [0.1, 0.15) is 16.1 Å². The fraction of sp³-hybridized carbons (Fsp3) is 0.0625. The molecule has 3 aromatic carbocycles. The highest BCUT2D eigenvalue weighted by Crippen LogP contribution is 2.26. The van der Waals surface area contributed by atoms with E-state index in [-0.39, 0.29) is 17.0 Å². The molecule has 3 N–H and O–H groups in total. The Morgan fingerprint density at radius 1 is 0.786 bits per heavy atom. The summed E-state index contributed by atoms with van der Waals surface area (Å²) in [7, 11) is 6.03. The van der Waals surface area contributed by atoms with Crippen LogP contribution in [0.2, 0.25) is 0 Å². The van der Waals surface area contributed by atoms with Gasteiger partial charge in [0.15, 0.2) is 5.76 Å². The topological polar surface area (TPSA) is 133 Å². The maximum atomic E-state index is 13.2. The fourth-order valence-corrected chi connectivity index (χ4v) is 3.97. The second kappa shape index (κ2) is 13.7. The molecule has 2 aromatic heterocycles. The average molecular weight is 559 g/mol. The van der Waals surface area contributed by atoms with Gasteiger partial charge in [-0.05, 0) is 53.1 Å². The van der Waals surface area contributed by atoms with Gasteiger partial charge in [0.2, 0.25) is 6.23 Å². The van der Waals surface area contributed by atoms with Crippen LogP contribution in [0.25, 0.3) is 11.1 Å². The molecule has 2 atom stereocenters. The zero-order chi connectivity index (χ0) is 30.0. The lowest BCUT2D eigenvalue weighted by molar-refractivity contribution is -0.145. The van der Waals surface area contributed by atoms with Crippen molar-refractivity contribution in [3.05, 3.63) is 145 Å². The molecule has 5 rings (SSSR count). The minimum absolute atomic E-state index is 0.0779. The van der Waals surface area contributed by atoms with Crippen molar-refractivity contribution in [1.29, 1.82) is 0 Å². The first-order valence-electron chi connectivity index (χ1n) is 12.8. The van der Waals surface area contributed by atoms with E-state index in [0.29, 0.717) is 0 Å². The molecule has 2 heterocycles. The lowest BCUT2D eigenvalue weighted by atomic mass is 9.72. The number of aliphatic hydroxyl groups is 1. The number of benzene rings is 3. The minimum atomic E-state index is -2.35. The van der Waals surface area contributed by atoms with Gasteiger partial charge in [0, 0.05) is 18.1 Å². The standard InChI is InChI=1S/C27H21BN2O6.C5H5N/c28-27(26(34)35,20-10-5-2-6-11-20)29-23(31)25(33)30(24(32)22-12-7-17-36-22)21-15-13-19(14-16-21)18-8-3-1-4-9-18;1-2-4-6-5-3-1/h1-17,25,33H,(H,29,31)(H,34,35);1-5H. The SMILES string of the molecule is [B]C(NC(=O)C(O)N(C(=O)c1ccco1)c1ccc(-c2ccccc2)cc1)(C(=O)O)c1ccccc1.c1ccncc1. The van der Waals surface area contributed by atoms with Crippen LogP contribution in [-0.2, 0) is 15.0 Å². The van der Waals surface area contributed by atoms with E-state index < -0.39 is 29.4 Å². The molecule has 10 heteroatoms. The summed E-state index contributed by atoms with van der Waals surface area (Å²) in [4.78, 5) is 42.9. The quantitative estimate of drug-likeness (QED) is 0.192. The highest BCUT2D eigenvalue weighted by atomic mass is 16.4. The van der Waals surface area contributed by atoms with Gasteiger partial charge in [-0.3, -0.25) is 24.3 Å². The summed E-state index contributed by atoms with van der Waals surface area (Å²) in [6.07, 6.45) is 2.65. The van der Waals surface area contributed by atoms with Crippen molar-refractivity contribution in [3.63, 3.8) is 0 Å². The molecule has 0 aliphatic carbocycles. The van der Waals surface area contributed by atoms with Crippen molar-refractivity contribution >= 4 is 31.3 Å². The molecule has 208 valence electrons. The van der Waals surface area contributed by atoms with Gasteiger partial charge >= 0.3 is 5.97 Å². The Kier molecular flexibility index (Phi) is 9.65. The second-order valence-electron chi connectivity index (χ2n) is 8.93. The maximum Gasteiger partial charge on any atom is 0.324 e. The number of rotatable bonds is 8. The van der Waals surface area contributed by atoms with Crippen molar-refractivity contribution in [2.45, 2.75) is 11.7 Å². The van der Waals surface area contributed by atoms with Gasteiger partial charge < -0.3 is 19.9 Å². The smallest absolute Gasteiger partial charge is 0.324 e. The van der Waals surface area contributed by atoms with Crippen molar-refractivity contribution in [1.82, 2.24) is 10.3 Å². The average Bonchev–Trinajstić information content (AvgIpc) is 3.59. The fourth-order valence-electron chi connectivity index (χ4n) is 3.97. The van der Waals surface area contributed by atoms with Gasteiger partial charge in [-0.15, -0.1) is 0 Å². The van der Waals surface area contributed by atoms with E-state index in [0.717, 1.165) is 16.0 Å². The van der Waals surface area contributed by atoms with Crippen molar-refractivity contribution in [3.8, 4) is 11.1 Å². The Morgan fingerprint density at radius 3 is 1.86 bits per heavy atom. The molecule has 2 amide bonds. The van der Waals surface area contributed by atoms with E-state index in [1.54, 1.807) is 54.9 Å². The number of anilines is 1. The van der Waals surface area contributed by atoms with Gasteiger partial charge in [-0.2, -0.15) is 0 Å². The van der Waals surface area contributed by atoms with Gasteiger partial charge in [0.25, 0.3) is 11.8 Å². The zero-order valence-corrected chi connectivity index (χ0v) is 22.3. The van der Waals surface area contributed by atoms with E-state index in [2.05, 4.69) is 10.3 Å². The van der Waals surface area contributed by atoms with E-state index in [9.17, 15) is 24.6 Å². The van der Waals surface area contributed by atoms with Gasteiger partial charge in [-0.25, -0.2) is 0 Å². The molecule has 2 radical (unpaired) electrons. The summed E-state index contributed by atoms with van der Waals surface area (Å²) in [6.45, 7) is 0. The van der Waals surface area contributed by atoms with Gasteiger partial charge in [-0.1, -0.05) is 78.9 Å². The number of aromatic nitrogens is 1. The number of amides is 2. The van der Waals surface area contributed by atoms with E-state index in [1.807, 2.05) is 48.5 Å². The van der Waals surface area contributed by atoms with Gasteiger partial charge in [0.05, 0.1) is 6.26 Å². The highest BCUT2D eigenvalue weighted by molar-refractivity contribution is 6.28. The molecule has 0 saturated heterocycles. The number of carboxylic acids is 1. The summed E-state index contributed by atoms with van der Waals surface area (Å²) < 4.78 is 5.18. The lowest BCUT2D eigenvalue weighted by Crippen LogP contribution is -2.59. The Balaban J connectivity index is 0.000000600. The molecular weight excluding hydrogens is 533 g/mol. The summed E-state index contributed by atoms with van der Waals surface area (Å²) in [5, 5.41) is 22.9. The summed E-state index contributed by atoms with van der Waals surface area (Å²) >= 11 is 0. The molecule has 2 unspecified atom stereocenters. The van der Waals surface area contributed by atoms with Crippen LogP contribution in [0.15, 0.2) is 138 Å². The molecule has 0 saturated carbocycles. The number of nitrogens with one attached hydrogen (secondary N) is 1. The number of aliphatic hydroxyl groups excluding tert-OH is 1. The lowest BCUT2D eigenvalue weighted by Gasteiger charge is -2.32. The Bertz CT molecular complexity index is 1560. The first-order chi connectivity index (χ1) is 20.3. The predicted molar refractivity (Wildman–Crippen MR) is 157 cm³/mol. The molecular formula is C32H26BN3O6. The number of furan rings is 1. The highest BCUT2D eigenvalue weighted by Gasteiger charge is 2.40. The Morgan fingerprint density at radius 2 is 1.36 bits per heavy atom. The number of hydrogen-bond donors (Lipinski definition) is 3. The minimum Gasteiger partial charge on any atom is -0.480 e. The molecule has 42 heavy (non-hydrogen) atoms. The maximum absolute atomic E-state index is 13.2. The number of hydrogen-bond acceptors (Lipinski definition) is 6. The van der Waals surface area contributed by atoms with Crippen LogP contribution >= 0.6 is 0 Å². The van der Waals surface area contributed by atoms with Crippen LogP contribution in [0.5, 0.6) is 0 Å². The summed E-state index contributed by atoms with van der Waals surface area (Å²) in [6, 6.07) is 32.3. The summed E-state index contributed by atoms with van der Waals surface area (Å²) in [5.74, 6) is -3.69. The molecule has 5 aromatic rings. The third kappa shape index (κ3) is 6.99. The van der Waals surface area contributed by atoms with Crippen molar-refractivity contribution < 1.29 is 29.0 Å². The third-order valence-electron chi connectivity index (χ3n) is 6.14. The Hall–Kier alpha value is -5.48. The number of aliphatic carboxylic acids is 1. The molecule has 0 aliphatic rings. The number of carbonyl (C=O) groups is 3. The van der Waals surface area contributed by atoms with Crippen LogP contribution in [0.3, 0.4) is 0 Å². The number of carbonyl (C=O) groups excluding carboxylic acids is 2. The zero-order valence-electron chi connectivity index (χ0n) is 22.3. The molecule has 0 fully saturated rings. The largest absolute Gasteiger partial charge is 0.480 e. The van der Waals surface area contributed by atoms with Crippen molar-refractivity contribution in [2.75, 3.05) is 4.90 Å². The van der Waals surface area contributed by atoms with Crippen LogP contribution < -0.4 is 10.2 Å². The third-order valence-corrected chi connectivity index (χ3v) is 6.14. The van der Waals surface area contributed by atoms with E-state index >= 15 is 0 Å². The second-order valence-corrected chi connectivity index (χ2v) is 8.93. The molecule has 0 spiro atoms. The Labute approximate surface area is 243 Å². The predicted octanol–water partition coefficient (Wildman–Crippen LogP) is 4.22. The first kappa shape index (κ1) is 29.5. The molecule has 0 bridgehead atoms. The number of carboxylic acid groups (broad SMARTS) is 1. The van der Waals surface area contributed by atoms with Crippen LogP contribution in [0.4, 0.5) is 5.69 Å². The molecule has 9 nitrogen and oxygen atoms in total. The van der Waals surface area contributed by atoms with Crippen LogP contribution in [-0.4, -0.2) is 47.1 Å². The van der Waals surface area contributed by atoms with Crippen LogP contribution in [0, 0.1) is 0 Å².